The number of carbonyl (C=O) groups excluding carboxylic acids is 3. The Morgan fingerprint density at radius 1 is 1.05 bits per heavy atom. The number of amides is 2. The summed E-state index contributed by atoms with van der Waals surface area (Å²) >= 11 is 0. The number of ketones is 1. The molecule has 3 N–H and O–H groups in total. The predicted molar refractivity (Wildman–Crippen MR) is 143 cm³/mol. The van der Waals surface area contributed by atoms with Gasteiger partial charge in [-0.25, -0.2) is 9.78 Å². The van der Waals surface area contributed by atoms with E-state index in [0.717, 1.165) is 10.1 Å². The molecule has 2 amide bonds. The molecule has 2 heterocycles. The van der Waals surface area contributed by atoms with E-state index in [1.54, 1.807) is 18.2 Å². The minimum atomic E-state index is -2.04. The van der Waals surface area contributed by atoms with Gasteiger partial charge in [-0.05, 0) is 43.2 Å². The van der Waals surface area contributed by atoms with E-state index in [1.165, 1.54) is 32.4 Å². The molecular weight excluding hydrogens is 520 g/mol. The topological polar surface area (TPSA) is 170 Å². The number of hydrogen-bond donors (Lipinski definition) is 3. The fourth-order valence-corrected chi connectivity index (χ4v) is 3.97. The van der Waals surface area contributed by atoms with Gasteiger partial charge in [0.1, 0.15) is 17.2 Å². The van der Waals surface area contributed by atoms with Gasteiger partial charge in [-0.15, -0.1) is 0 Å². The Labute approximate surface area is 227 Å². The smallest absolute Gasteiger partial charge is 0.334 e. The molecule has 0 spiro atoms. The lowest BCUT2D eigenvalue weighted by Crippen LogP contribution is -2.49. The average molecular weight is 547 g/mol. The molecule has 0 saturated heterocycles. The lowest BCUT2D eigenvalue weighted by molar-refractivity contribution is -0.140. The second kappa shape index (κ2) is 12.1. The van der Waals surface area contributed by atoms with Crippen LogP contribution in [0.3, 0.4) is 0 Å². The first kappa shape index (κ1) is 27.8. The third-order valence-electron chi connectivity index (χ3n) is 6.13. The van der Waals surface area contributed by atoms with Crippen LogP contribution in [0.1, 0.15) is 35.6 Å². The first-order valence-corrected chi connectivity index (χ1v) is 12.3. The molecule has 12 heteroatoms. The normalized spacial score (nSPS) is 12.3. The third kappa shape index (κ3) is 6.07. The number of carbonyl (C=O) groups is 4. The summed E-state index contributed by atoms with van der Waals surface area (Å²) in [6.45, 7) is 1.35. The van der Waals surface area contributed by atoms with Gasteiger partial charge in [0.05, 0.1) is 7.11 Å². The van der Waals surface area contributed by atoms with Crippen molar-refractivity contribution in [1.29, 1.82) is 0 Å². The molecule has 12 nitrogen and oxygen atoms in total. The molecule has 0 aliphatic heterocycles. The molecule has 0 fully saturated rings. The van der Waals surface area contributed by atoms with Crippen LogP contribution in [0.15, 0.2) is 76.1 Å². The predicted octanol–water partition coefficient (Wildman–Crippen LogP) is 2.58. The molecule has 0 bridgehead atoms. The highest BCUT2D eigenvalue weighted by Crippen LogP contribution is 2.26. The summed E-state index contributed by atoms with van der Waals surface area (Å²) in [5.41, 5.74) is 0.647. The minimum Gasteiger partial charge on any atom is -0.493 e. The summed E-state index contributed by atoms with van der Waals surface area (Å²) in [5, 5.41) is 14.4. The van der Waals surface area contributed by atoms with Crippen molar-refractivity contribution in [1.82, 2.24) is 14.9 Å². The number of nitrogens with one attached hydrogen (secondary N) is 2. The van der Waals surface area contributed by atoms with E-state index in [-0.39, 0.29) is 29.1 Å². The number of hydrogen-bond acceptors (Lipinski definition) is 8. The first-order chi connectivity index (χ1) is 19.2. The number of nitrogens with zero attached hydrogens (tertiary/aromatic N) is 2. The summed E-state index contributed by atoms with van der Waals surface area (Å²) in [6, 6.07) is 13.7. The SMILES string of the molecule is COc1cccc2nc(C(=O)C(NC(=O)[C@H](C)n3cccc(NC(=O)CCc4ccccc4)c3=O)C(=O)O)oc12. The average Bonchev–Trinajstić information content (AvgIpc) is 3.40. The molecule has 2 aromatic heterocycles. The molecule has 2 atom stereocenters. The molecule has 0 saturated carbocycles. The summed E-state index contributed by atoms with van der Waals surface area (Å²) in [4.78, 5) is 67.3. The molecule has 40 heavy (non-hydrogen) atoms. The fourth-order valence-electron chi connectivity index (χ4n) is 3.97. The number of anilines is 1. The number of oxazole rings is 1. The number of aromatic nitrogens is 2. The van der Waals surface area contributed by atoms with E-state index in [4.69, 9.17) is 9.15 Å². The molecule has 206 valence electrons. The van der Waals surface area contributed by atoms with Crippen molar-refractivity contribution in [3.8, 4) is 5.75 Å². The zero-order valence-corrected chi connectivity index (χ0v) is 21.6. The highest BCUT2D eigenvalue weighted by Gasteiger charge is 2.34. The second-order valence-electron chi connectivity index (χ2n) is 8.82. The zero-order chi connectivity index (χ0) is 28.8. The van der Waals surface area contributed by atoms with Crippen molar-refractivity contribution in [3.05, 3.63) is 88.7 Å². The van der Waals surface area contributed by atoms with Crippen molar-refractivity contribution < 1.29 is 33.4 Å². The van der Waals surface area contributed by atoms with Crippen molar-refractivity contribution >= 4 is 40.4 Å². The Balaban J connectivity index is 1.47. The number of Topliss-reactive ketones (excluding diaryl/α,β-unsaturated/α-hetero) is 1. The number of fused-ring (bicyclic) bond motifs is 1. The standard InChI is InChI=1S/C28H26N4O8/c1-16(32-15-7-11-19(27(32)36)29-21(33)14-13-17-8-4-3-5-9-17)25(35)31-22(28(37)38)23(34)26-30-18-10-6-12-20(39-2)24(18)40-26/h3-12,15-16,22H,13-14H2,1-2H3,(H,29,33)(H,31,35)(H,37,38)/t16-,22?/m0/s1. The quantitative estimate of drug-likeness (QED) is 0.189. The number of benzene rings is 2. The van der Waals surface area contributed by atoms with Gasteiger partial charge < -0.3 is 29.5 Å². The maximum atomic E-state index is 13.0. The van der Waals surface area contributed by atoms with Crippen LogP contribution in [0.25, 0.3) is 11.1 Å². The van der Waals surface area contributed by atoms with Crippen LogP contribution in [0.4, 0.5) is 5.69 Å². The second-order valence-corrected chi connectivity index (χ2v) is 8.82. The number of aliphatic carboxylic acids is 1. The summed E-state index contributed by atoms with van der Waals surface area (Å²) in [7, 11) is 1.40. The highest BCUT2D eigenvalue weighted by molar-refractivity contribution is 6.12. The van der Waals surface area contributed by atoms with Crippen molar-refractivity contribution in [3.63, 3.8) is 0 Å². The van der Waals surface area contributed by atoms with Crippen LogP contribution in [0.2, 0.25) is 0 Å². The third-order valence-corrected chi connectivity index (χ3v) is 6.13. The Morgan fingerprint density at radius 2 is 1.80 bits per heavy atom. The summed E-state index contributed by atoms with van der Waals surface area (Å²) < 4.78 is 11.6. The van der Waals surface area contributed by atoms with Gasteiger partial charge >= 0.3 is 5.97 Å². The largest absolute Gasteiger partial charge is 0.493 e. The van der Waals surface area contributed by atoms with E-state index < -0.39 is 41.2 Å². The summed E-state index contributed by atoms with van der Waals surface area (Å²) in [5.74, 6) is -4.30. The van der Waals surface area contributed by atoms with E-state index in [9.17, 15) is 29.1 Å². The molecule has 4 aromatic rings. The summed E-state index contributed by atoms with van der Waals surface area (Å²) in [6.07, 6.45) is 1.93. The number of ether oxygens (including phenoxy) is 1. The maximum absolute atomic E-state index is 13.0. The lowest BCUT2D eigenvalue weighted by atomic mass is 10.1. The molecular formula is C28H26N4O8. The van der Waals surface area contributed by atoms with Crippen LogP contribution in [-0.2, 0) is 20.8 Å². The van der Waals surface area contributed by atoms with Crippen LogP contribution in [0.5, 0.6) is 5.75 Å². The number of pyridine rings is 1. The molecule has 4 rings (SSSR count). The number of rotatable bonds is 11. The Bertz CT molecular complexity index is 1630. The lowest BCUT2D eigenvalue weighted by Gasteiger charge is -2.18. The van der Waals surface area contributed by atoms with Gasteiger partial charge in [-0.1, -0.05) is 36.4 Å². The minimum absolute atomic E-state index is 0.0495. The van der Waals surface area contributed by atoms with Gasteiger partial charge in [0.2, 0.25) is 11.8 Å². The van der Waals surface area contributed by atoms with E-state index >= 15 is 0 Å². The zero-order valence-electron chi connectivity index (χ0n) is 21.6. The Hall–Kier alpha value is -5.26. The van der Waals surface area contributed by atoms with Crippen molar-refractivity contribution in [2.75, 3.05) is 12.4 Å². The van der Waals surface area contributed by atoms with Crippen molar-refractivity contribution in [2.45, 2.75) is 31.8 Å². The van der Waals surface area contributed by atoms with Gasteiger partial charge in [-0.3, -0.25) is 19.2 Å². The maximum Gasteiger partial charge on any atom is 0.334 e. The van der Waals surface area contributed by atoms with Gasteiger partial charge in [0.25, 0.3) is 17.2 Å². The monoisotopic (exact) mass is 546 g/mol. The molecule has 0 aliphatic carbocycles. The number of para-hydroxylation sites is 1. The van der Waals surface area contributed by atoms with Crippen molar-refractivity contribution in [2.24, 2.45) is 0 Å². The van der Waals surface area contributed by atoms with Gasteiger partial charge in [0.15, 0.2) is 17.4 Å². The van der Waals surface area contributed by atoms with Crippen LogP contribution < -0.4 is 20.9 Å². The molecule has 0 radical (unpaired) electrons. The number of aryl methyl sites for hydroxylation is 1. The first-order valence-electron chi connectivity index (χ1n) is 12.3. The van der Waals surface area contributed by atoms with Gasteiger partial charge in [0, 0.05) is 12.6 Å². The number of carboxylic acid groups (broad SMARTS) is 1. The molecule has 1 unspecified atom stereocenters. The number of methoxy groups -OCH3 is 1. The molecule has 0 aliphatic rings. The van der Waals surface area contributed by atoms with Crippen LogP contribution in [-0.4, -0.2) is 51.4 Å². The van der Waals surface area contributed by atoms with E-state index in [1.807, 2.05) is 30.3 Å². The van der Waals surface area contributed by atoms with Crippen LogP contribution >= 0.6 is 0 Å². The number of carboxylic acids is 1. The van der Waals surface area contributed by atoms with E-state index in [0.29, 0.717) is 12.2 Å². The van der Waals surface area contributed by atoms with Crippen LogP contribution in [0, 0.1) is 0 Å². The Morgan fingerprint density at radius 3 is 2.50 bits per heavy atom. The highest BCUT2D eigenvalue weighted by atomic mass is 16.5. The van der Waals surface area contributed by atoms with Gasteiger partial charge in [-0.2, -0.15) is 0 Å². The molecule has 2 aromatic carbocycles. The Kier molecular flexibility index (Phi) is 8.38. The van der Waals surface area contributed by atoms with E-state index in [2.05, 4.69) is 15.6 Å². The fraction of sp³-hybridized carbons (Fsp3) is 0.214.